The summed E-state index contributed by atoms with van der Waals surface area (Å²) in [5.41, 5.74) is 5.14. The molecular weight excluding hydrogens is 552 g/mol. The lowest BCUT2D eigenvalue weighted by Crippen LogP contribution is -2.19. The van der Waals surface area contributed by atoms with Crippen LogP contribution in [-0.4, -0.2) is 11.1 Å². The molecule has 1 fully saturated rings. The number of amides is 1. The first kappa shape index (κ1) is 22.8. The Balaban J connectivity index is 1.43. The van der Waals surface area contributed by atoms with Gasteiger partial charge in [0, 0.05) is 14.5 Å². The van der Waals surface area contributed by atoms with Crippen molar-refractivity contribution in [1.29, 1.82) is 0 Å². The van der Waals surface area contributed by atoms with Crippen molar-refractivity contribution in [2.75, 3.05) is 0 Å². The van der Waals surface area contributed by atoms with Crippen LogP contribution in [0.1, 0.15) is 22.3 Å². The van der Waals surface area contributed by atoms with Crippen LogP contribution < -0.4 is 10.1 Å². The van der Waals surface area contributed by atoms with E-state index in [-0.39, 0.29) is 5.91 Å². The number of benzene rings is 3. The van der Waals surface area contributed by atoms with Crippen molar-refractivity contribution < 1.29 is 9.53 Å². The molecule has 162 valence electrons. The van der Waals surface area contributed by atoms with Gasteiger partial charge in [-0.25, -0.2) is 4.99 Å². The summed E-state index contributed by atoms with van der Waals surface area (Å²) in [5.74, 6) is 0.627. The number of aryl methyl sites for hydroxylation is 1. The lowest BCUT2D eigenvalue weighted by Gasteiger charge is -2.08. The average Bonchev–Trinajstić information content (AvgIpc) is 3.10. The molecule has 1 amide bonds. The smallest absolute Gasteiger partial charge is 0.264 e. The highest BCUT2D eigenvalue weighted by Crippen LogP contribution is 2.30. The van der Waals surface area contributed by atoms with Crippen LogP contribution in [0.5, 0.6) is 5.75 Å². The zero-order chi connectivity index (χ0) is 22.7. The molecule has 1 aliphatic rings. The number of nitrogens with one attached hydrogen (secondary N) is 1. The quantitative estimate of drug-likeness (QED) is 0.327. The largest absolute Gasteiger partial charge is 0.489 e. The van der Waals surface area contributed by atoms with Gasteiger partial charge in [0.15, 0.2) is 5.17 Å². The van der Waals surface area contributed by atoms with Crippen LogP contribution in [0.25, 0.3) is 6.08 Å². The Bertz CT molecular complexity index is 1240. The van der Waals surface area contributed by atoms with Crippen molar-refractivity contribution in [3.05, 3.63) is 96.8 Å². The zero-order valence-electron chi connectivity index (χ0n) is 17.5. The molecule has 0 radical (unpaired) electrons. The lowest BCUT2D eigenvalue weighted by molar-refractivity contribution is -0.115. The maximum atomic E-state index is 12.4. The van der Waals surface area contributed by atoms with Crippen LogP contribution in [-0.2, 0) is 11.4 Å². The summed E-state index contributed by atoms with van der Waals surface area (Å²) in [5, 5.41) is 3.44. The number of ether oxygens (including phenoxy) is 1. The third-order valence-corrected chi connectivity index (χ3v) is 7.18. The second-order valence-electron chi connectivity index (χ2n) is 7.29. The molecule has 0 aromatic heterocycles. The highest BCUT2D eigenvalue weighted by molar-refractivity contribution is 9.11. The number of hydrogen-bond donors (Lipinski definition) is 1. The number of thioether (sulfide) groups is 1. The predicted octanol–water partition coefficient (Wildman–Crippen LogP) is 7.30. The fourth-order valence-corrected chi connectivity index (χ4v) is 5.05. The van der Waals surface area contributed by atoms with Gasteiger partial charge in [-0.05, 0) is 78.7 Å². The van der Waals surface area contributed by atoms with E-state index in [9.17, 15) is 4.79 Å². The summed E-state index contributed by atoms with van der Waals surface area (Å²) in [6.45, 7) is 4.55. The van der Waals surface area contributed by atoms with Gasteiger partial charge in [0.05, 0.1) is 10.6 Å². The minimum Gasteiger partial charge on any atom is -0.489 e. The summed E-state index contributed by atoms with van der Waals surface area (Å²) >= 11 is 8.35. The summed E-state index contributed by atoms with van der Waals surface area (Å²) in [7, 11) is 0. The van der Waals surface area contributed by atoms with E-state index >= 15 is 0 Å². The third-order valence-electron chi connectivity index (χ3n) is 5.04. The number of aliphatic imine (C=N–C) groups is 1. The Morgan fingerprint density at radius 3 is 2.59 bits per heavy atom. The van der Waals surface area contributed by atoms with Gasteiger partial charge < -0.3 is 10.1 Å². The van der Waals surface area contributed by atoms with E-state index in [0.717, 1.165) is 37.1 Å². The summed E-state index contributed by atoms with van der Waals surface area (Å²) in [6, 6.07) is 19.7. The molecule has 0 atom stereocenters. The first-order valence-electron chi connectivity index (χ1n) is 9.91. The van der Waals surface area contributed by atoms with E-state index in [1.165, 1.54) is 17.3 Å². The molecule has 32 heavy (non-hydrogen) atoms. The SMILES string of the molecule is Cc1cccc(N=C2NC(=O)/C(=C/c3ccc(OCc4ccc(Br)cc4Br)cc3)S2)c1C. The molecule has 1 N–H and O–H groups in total. The van der Waals surface area contributed by atoms with Gasteiger partial charge in [-0.1, -0.05) is 62.2 Å². The van der Waals surface area contributed by atoms with Gasteiger partial charge in [0.2, 0.25) is 0 Å². The van der Waals surface area contributed by atoms with E-state index in [4.69, 9.17) is 4.74 Å². The highest BCUT2D eigenvalue weighted by Gasteiger charge is 2.24. The zero-order valence-corrected chi connectivity index (χ0v) is 21.5. The lowest BCUT2D eigenvalue weighted by atomic mass is 10.1. The molecule has 3 aromatic rings. The molecule has 1 heterocycles. The molecule has 1 saturated heterocycles. The van der Waals surface area contributed by atoms with E-state index in [1.54, 1.807) is 0 Å². The molecule has 4 nitrogen and oxygen atoms in total. The van der Waals surface area contributed by atoms with Crippen LogP contribution in [0.2, 0.25) is 0 Å². The van der Waals surface area contributed by atoms with Crippen LogP contribution in [0, 0.1) is 13.8 Å². The number of amidine groups is 1. The Morgan fingerprint density at radius 1 is 1.06 bits per heavy atom. The van der Waals surface area contributed by atoms with Crippen LogP contribution in [0.3, 0.4) is 0 Å². The molecule has 0 saturated carbocycles. The van der Waals surface area contributed by atoms with E-state index in [2.05, 4.69) is 55.2 Å². The van der Waals surface area contributed by atoms with Crippen LogP contribution in [0.15, 0.2) is 79.5 Å². The number of hydrogen-bond acceptors (Lipinski definition) is 4. The molecule has 0 unspecified atom stereocenters. The van der Waals surface area contributed by atoms with Crippen LogP contribution >= 0.6 is 43.6 Å². The number of rotatable bonds is 5. The average molecular weight is 572 g/mol. The van der Waals surface area contributed by atoms with E-state index < -0.39 is 0 Å². The molecule has 0 aliphatic carbocycles. The molecule has 7 heteroatoms. The standard InChI is InChI=1S/C25H20Br2N2O2S/c1-15-4-3-5-22(16(15)2)28-25-29-24(30)23(32-25)12-17-6-10-20(11-7-17)31-14-18-8-9-19(26)13-21(18)27/h3-13H,14H2,1-2H3,(H,28,29,30)/b23-12-. The van der Waals surface area contributed by atoms with Crippen molar-refractivity contribution in [1.82, 2.24) is 5.32 Å². The fraction of sp³-hybridized carbons (Fsp3) is 0.120. The van der Waals surface area contributed by atoms with Crippen molar-refractivity contribution in [3.8, 4) is 5.75 Å². The number of carbonyl (C=O) groups excluding carboxylic acids is 1. The molecule has 1 aliphatic heterocycles. The van der Waals surface area contributed by atoms with Gasteiger partial charge in [-0.2, -0.15) is 0 Å². The normalized spacial score (nSPS) is 15.9. The topological polar surface area (TPSA) is 50.7 Å². The first-order chi connectivity index (χ1) is 15.4. The Labute approximate surface area is 208 Å². The van der Waals surface area contributed by atoms with Gasteiger partial charge in [-0.15, -0.1) is 0 Å². The van der Waals surface area contributed by atoms with Gasteiger partial charge in [0.1, 0.15) is 12.4 Å². The number of halogens is 2. The van der Waals surface area contributed by atoms with E-state index in [0.29, 0.717) is 16.7 Å². The Kier molecular flexibility index (Phi) is 7.18. The Hall–Kier alpha value is -2.35. The second-order valence-corrected chi connectivity index (χ2v) is 10.1. The minimum atomic E-state index is -0.139. The highest BCUT2D eigenvalue weighted by atomic mass is 79.9. The first-order valence-corrected chi connectivity index (χ1v) is 12.3. The van der Waals surface area contributed by atoms with Crippen molar-refractivity contribution >= 4 is 66.5 Å². The van der Waals surface area contributed by atoms with Gasteiger partial charge >= 0.3 is 0 Å². The van der Waals surface area contributed by atoms with Gasteiger partial charge in [0.25, 0.3) is 5.91 Å². The van der Waals surface area contributed by atoms with E-state index in [1.807, 2.05) is 67.6 Å². The number of carbonyl (C=O) groups is 1. The maximum absolute atomic E-state index is 12.4. The number of nitrogens with zero attached hydrogens (tertiary/aromatic N) is 1. The van der Waals surface area contributed by atoms with Crippen LogP contribution in [0.4, 0.5) is 5.69 Å². The molecule has 3 aromatic carbocycles. The molecule has 4 rings (SSSR count). The third kappa shape index (κ3) is 5.52. The van der Waals surface area contributed by atoms with Crippen molar-refractivity contribution in [3.63, 3.8) is 0 Å². The molecule has 0 spiro atoms. The minimum absolute atomic E-state index is 0.139. The summed E-state index contributed by atoms with van der Waals surface area (Å²) < 4.78 is 7.90. The summed E-state index contributed by atoms with van der Waals surface area (Å²) in [6.07, 6.45) is 1.86. The second kappa shape index (κ2) is 10.1. The van der Waals surface area contributed by atoms with Crippen molar-refractivity contribution in [2.24, 2.45) is 4.99 Å². The summed E-state index contributed by atoms with van der Waals surface area (Å²) in [4.78, 5) is 17.6. The predicted molar refractivity (Wildman–Crippen MR) is 139 cm³/mol. The Morgan fingerprint density at radius 2 is 1.84 bits per heavy atom. The molecule has 0 bridgehead atoms. The van der Waals surface area contributed by atoms with Crippen molar-refractivity contribution in [2.45, 2.75) is 20.5 Å². The monoisotopic (exact) mass is 570 g/mol. The van der Waals surface area contributed by atoms with Gasteiger partial charge in [-0.3, -0.25) is 4.79 Å². The molecular formula is C25H20Br2N2O2S. The maximum Gasteiger partial charge on any atom is 0.264 e. The fourth-order valence-electron chi connectivity index (χ4n) is 3.06.